The Balaban J connectivity index is 2.38. The second-order valence-corrected chi connectivity index (χ2v) is 5.90. The van der Waals surface area contributed by atoms with Crippen LogP contribution in [0.15, 0.2) is 18.2 Å². The number of hydrogen-bond donors (Lipinski definition) is 1. The van der Waals surface area contributed by atoms with Crippen LogP contribution in [0.4, 0.5) is 5.69 Å². The van der Waals surface area contributed by atoms with Crippen molar-refractivity contribution in [3.05, 3.63) is 28.8 Å². The Kier molecular flexibility index (Phi) is 6.54. The molecule has 0 saturated heterocycles. The summed E-state index contributed by atoms with van der Waals surface area (Å²) >= 11 is 7.64. The van der Waals surface area contributed by atoms with Crippen molar-refractivity contribution in [2.24, 2.45) is 0 Å². The third-order valence-electron chi connectivity index (χ3n) is 2.31. The molecule has 1 aromatic carbocycles. The van der Waals surface area contributed by atoms with Gasteiger partial charge in [0, 0.05) is 12.3 Å². The Labute approximate surface area is 118 Å². The lowest BCUT2D eigenvalue weighted by atomic mass is 10.2. The number of anilines is 1. The lowest BCUT2D eigenvalue weighted by Crippen LogP contribution is -2.18. The van der Waals surface area contributed by atoms with Crippen LogP contribution >= 0.6 is 23.4 Å². The minimum atomic E-state index is -0.00810. The van der Waals surface area contributed by atoms with Gasteiger partial charge in [-0.3, -0.25) is 4.79 Å². The monoisotopic (exact) mass is 286 g/mol. The lowest BCUT2D eigenvalue weighted by Gasteiger charge is -2.10. The summed E-state index contributed by atoms with van der Waals surface area (Å²) in [4.78, 5) is 13.8. The zero-order valence-electron chi connectivity index (χ0n) is 11.0. The molecule has 0 aliphatic carbocycles. The van der Waals surface area contributed by atoms with Crippen LogP contribution in [0.3, 0.4) is 0 Å². The summed E-state index contributed by atoms with van der Waals surface area (Å²) in [5.41, 5.74) is 1.77. The molecule has 1 rings (SSSR count). The van der Waals surface area contributed by atoms with Crippen molar-refractivity contribution >= 4 is 35.0 Å². The minimum Gasteiger partial charge on any atom is -0.324 e. The van der Waals surface area contributed by atoms with E-state index in [0.29, 0.717) is 16.5 Å². The molecule has 0 fully saturated rings. The van der Waals surface area contributed by atoms with E-state index in [1.54, 1.807) is 17.8 Å². The van der Waals surface area contributed by atoms with Crippen molar-refractivity contribution in [1.82, 2.24) is 4.90 Å². The molecule has 1 N–H and O–H groups in total. The molecule has 0 saturated carbocycles. The first-order chi connectivity index (χ1) is 8.49. The fourth-order valence-corrected chi connectivity index (χ4v) is 2.39. The molecule has 0 heterocycles. The third kappa shape index (κ3) is 5.76. The number of carbonyl (C=O) groups excluding carboxylic acids is 1. The maximum atomic E-state index is 11.7. The van der Waals surface area contributed by atoms with Gasteiger partial charge in [0.15, 0.2) is 0 Å². The van der Waals surface area contributed by atoms with Crippen LogP contribution in [-0.4, -0.2) is 43.0 Å². The SMILES string of the molecule is Cc1ccc(Cl)c(NC(=O)CSCCN(C)C)c1. The maximum absolute atomic E-state index is 11.7. The van der Waals surface area contributed by atoms with Crippen molar-refractivity contribution in [1.29, 1.82) is 0 Å². The Morgan fingerprint density at radius 2 is 2.17 bits per heavy atom. The van der Waals surface area contributed by atoms with Crippen LogP contribution in [0.25, 0.3) is 0 Å². The van der Waals surface area contributed by atoms with Gasteiger partial charge in [-0.1, -0.05) is 17.7 Å². The van der Waals surface area contributed by atoms with Crippen LogP contribution in [-0.2, 0) is 4.79 Å². The predicted molar refractivity (Wildman–Crippen MR) is 80.7 cm³/mol. The van der Waals surface area contributed by atoms with Crippen molar-refractivity contribution in [3.8, 4) is 0 Å². The van der Waals surface area contributed by atoms with Gasteiger partial charge in [0.05, 0.1) is 16.5 Å². The topological polar surface area (TPSA) is 32.3 Å². The number of aryl methyl sites for hydroxylation is 1. The molecule has 0 spiro atoms. The van der Waals surface area contributed by atoms with E-state index >= 15 is 0 Å². The van der Waals surface area contributed by atoms with Gasteiger partial charge < -0.3 is 10.2 Å². The van der Waals surface area contributed by atoms with Crippen LogP contribution in [0, 0.1) is 6.92 Å². The third-order valence-corrected chi connectivity index (χ3v) is 3.58. The number of benzene rings is 1. The number of halogens is 1. The van der Waals surface area contributed by atoms with Gasteiger partial charge in [0.1, 0.15) is 0 Å². The Morgan fingerprint density at radius 1 is 1.44 bits per heavy atom. The zero-order chi connectivity index (χ0) is 13.5. The number of rotatable bonds is 6. The standard InChI is InChI=1S/C13H19ClN2OS/c1-10-4-5-11(14)12(8-10)15-13(17)9-18-7-6-16(2)3/h4-5,8H,6-7,9H2,1-3H3,(H,15,17). The summed E-state index contributed by atoms with van der Waals surface area (Å²) in [6.45, 7) is 2.95. The molecule has 1 aromatic rings. The van der Waals surface area contributed by atoms with Crippen molar-refractivity contribution in [3.63, 3.8) is 0 Å². The average molecular weight is 287 g/mol. The zero-order valence-corrected chi connectivity index (χ0v) is 12.6. The van der Waals surface area contributed by atoms with E-state index in [2.05, 4.69) is 10.2 Å². The first kappa shape index (κ1) is 15.3. The number of carbonyl (C=O) groups is 1. The van der Waals surface area contributed by atoms with Gasteiger partial charge in [0.2, 0.25) is 5.91 Å². The number of thioether (sulfide) groups is 1. The minimum absolute atomic E-state index is 0.00810. The van der Waals surface area contributed by atoms with Crippen LogP contribution < -0.4 is 5.32 Å². The first-order valence-electron chi connectivity index (χ1n) is 5.77. The second-order valence-electron chi connectivity index (χ2n) is 4.39. The molecule has 0 atom stereocenters. The molecule has 0 bridgehead atoms. The smallest absolute Gasteiger partial charge is 0.234 e. The van der Waals surface area contributed by atoms with Gasteiger partial charge in [-0.25, -0.2) is 0 Å². The van der Waals surface area contributed by atoms with E-state index in [1.807, 2.05) is 33.2 Å². The van der Waals surface area contributed by atoms with Crippen molar-refractivity contribution in [2.75, 3.05) is 37.5 Å². The molecule has 0 aromatic heterocycles. The van der Waals surface area contributed by atoms with Crippen molar-refractivity contribution in [2.45, 2.75) is 6.92 Å². The summed E-state index contributed by atoms with van der Waals surface area (Å²) in [5, 5.41) is 3.41. The van der Waals surface area contributed by atoms with Crippen LogP contribution in [0.2, 0.25) is 5.02 Å². The Morgan fingerprint density at radius 3 is 2.83 bits per heavy atom. The van der Waals surface area contributed by atoms with E-state index in [9.17, 15) is 4.79 Å². The average Bonchev–Trinajstić information content (AvgIpc) is 2.29. The van der Waals surface area contributed by atoms with Gasteiger partial charge >= 0.3 is 0 Å². The molecule has 0 aliphatic heterocycles. The van der Waals surface area contributed by atoms with E-state index in [1.165, 1.54) is 0 Å². The number of nitrogens with one attached hydrogen (secondary N) is 1. The molecule has 0 unspecified atom stereocenters. The van der Waals surface area contributed by atoms with Crippen LogP contribution in [0.5, 0.6) is 0 Å². The normalized spacial score (nSPS) is 10.7. The fraction of sp³-hybridized carbons (Fsp3) is 0.462. The van der Waals surface area contributed by atoms with Gasteiger partial charge in [0.25, 0.3) is 0 Å². The largest absolute Gasteiger partial charge is 0.324 e. The molecule has 3 nitrogen and oxygen atoms in total. The highest BCUT2D eigenvalue weighted by atomic mass is 35.5. The van der Waals surface area contributed by atoms with E-state index < -0.39 is 0 Å². The van der Waals surface area contributed by atoms with E-state index in [4.69, 9.17) is 11.6 Å². The Hall–Kier alpha value is -0.710. The predicted octanol–water partition coefficient (Wildman–Crippen LogP) is 2.88. The summed E-state index contributed by atoms with van der Waals surface area (Å²) in [7, 11) is 4.04. The number of amides is 1. The fourth-order valence-electron chi connectivity index (χ4n) is 1.33. The number of hydrogen-bond acceptors (Lipinski definition) is 3. The van der Waals surface area contributed by atoms with Crippen LogP contribution in [0.1, 0.15) is 5.56 Å². The molecule has 5 heteroatoms. The quantitative estimate of drug-likeness (QED) is 0.816. The maximum Gasteiger partial charge on any atom is 0.234 e. The highest BCUT2D eigenvalue weighted by Gasteiger charge is 2.06. The molecular weight excluding hydrogens is 268 g/mol. The van der Waals surface area contributed by atoms with Gasteiger partial charge in [-0.05, 0) is 38.7 Å². The molecule has 18 heavy (non-hydrogen) atoms. The van der Waals surface area contributed by atoms with Gasteiger partial charge in [-0.15, -0.1) is 0 Å². The summed E-state index contributed by atoms with van der Waals surface area (Å²) in [5.74, 6) is 1.39. The molecule has 1 amide bonds. The second kappa shape index (κ2) is 7.67. The summed E-state index contributed by atoms with van der Waals surface area (Å²) < 4.78 is 0. The summed E-state index contributed by atoms with van der Waals surface area (Å²) in [6.07, 6.45) is 0. The van der Waals surface area contributed by atoms with Crippen molar-refractivity contribution < 1.29 is 4.79 Å². The van der Waals surface area contributed by atoms with Gasteiger partial charge in [-0.2, -0.15) is 11.8 Å². The Bertz CT molecular complexity index is 410. The first-order valence-corrected chi connectivity index (χ1v) is 7.31. The summed E-state index contributed by atoms with van der Waals surface area (Å²) in [6, 6.07) is 5.60. The highest BCUT2D eigenvalue weighted by molar-refractivity contribution is 7.99. The lowest BCUT2D eigenvalue weighted by molar-refractivity contribution is -0.113. The van der Waals surface area contributed by atoms with E-state index in [0.717, 1.165) is 17.9 Å². The molecule has 0 aliphatic rings. The molecular formula is C13H19ClN2OS. The molecule has 100 valence electrons. The van der Waals surface area contributed by atoms with E-state index in [-0.39, 0.29) is 5.91 Å². The molecule has 0 radical (unpaired) electrons. The highest BCUT2D eigenvalue weighted by Crippen LogP contribution is 2.22. The number of nitrogens with zero attached hydrogens (tertiary/aromatic N) is 1.